The minimum absolute atomic E-state index is 0.160. The van der Waals surface area contributed by atoms with E-state index in [1.54, 1.807) is 12.1 Å². The van der Waals surface area contributed by atoms with Crippen molar-refractivity contribution in [2.24, 2.45) is 0 Å². The number of rotatable bonds is 8. The molecular formula is C27H29ClF6N4O4. The van der Waals surface area contributed by atoms with Crippen LogP contribution in [0.2, 0.25) is 5.02 Å². The van der Waals surface area contributed by atoms with Gasteiger partial charge in [-0.3, -0.25) is 9.59 Å². The lowest BCUT2D eigenvalue weighted by atomic mass is 9.85. The molecule has 1 fully saturated rings. The highest BCUT2D eigenvalue weighted by Crippen LogP contribution is 2.30. The zero-order valence-electron chi connectivity index (χ0n) is 22.6. The van der Waals surface area contributed by atoms with Gasteiger partial charge in [-0.15, -0.1) is 0 Å². The number of hydrogen-bond acceptors (Lipinski definition) is 6. The Morgan fingerprint density at radius 3 is 2.24 bits per heavy atom. The van der Waals surface area contributed by atoms with Crippen molar-refractivity contribution < 1.29 is 45.6 Å². The molecule has 3 unspecified atom stereocenters. The van der Waals surface area contributed by atoms with Crippen LogP contribution in [0, 0.1) is 0 Å². The number of hydrogen-bond donors (Lipinski definition) is 2. The lowest BCUT2D eigenvalue weighted by molar-refractivity contribution is -0.228. The molecule has 0 aliphatic heterocycles. The molecule has 1 saturated carbocycles. The third-order valence-electron chi connectivity index (χ3n) is 6.76. The van der Waals surface area contributed by atoms with E-state index in [9.17, 15) is 40.7 Å². The van der Waals surface area contributed by atoms with Gasteiger partial charge in [0.2, 0.25) is 5.91 Å². The van der Waals surface area contributed by atoms with Gasteiger partial charge in [0.1, 0.15) is 6.54 Å². The molecule has 15 heteroatoms. The number of nitrogens with zero attached hydrogens (tertiary/aromatic N) is 2. The van der Waals surface area contributed by atoms with E-state index >= 15 is 0 Å². The molecule has 3 atom stereocenters. The highest BCUT2D eigenvalue weighted by molar-refractivity contribution is 6.30. The van der Waals surface area contributed by atoms with Crippen molar-refractivity contribution in [3.05, 3.63) is 70.2 Å². The number of alkyl halides is 6. The Kier molecular flexibility index (Phi) is 10.8. The summed E-state index contributed by atoms with van der Waals surface area (Å²) in [5, 5.41) is 6.40. The normalized spacial score (nSPS) is 19.3. The van der Waals surface area contributed by atoms with Crippen LogP contribution < -0.4 is 10.6 Å². The summed E-state index contributed by atoms with van der Waals surface area (Å²) < 4.78 is 78.2. The SMILES string of the molecule is CN(C)C1CCC(NC(=O)CN(OC(=O)C(F)(F)F)C(=O)c2cccc(C(F)(F)F)c2)C(NCc2ccc(Cl)cc2)C1. The molecule has 230 valence electrons. The van der Waals surface area contributed by atoms with Crippen LogP contribution >= 0.6 is 11.6 Å². The van der Waals surface area contributed by atoms with Crippen LogP contribution in [-0.2, 0) is 27.1 Å². The smallest absolute Gasteiger partial charge is 0.350 e. The minimum atomic E-state index is -5.54. The average molecular weight is 623 g/mol. The van der Waals surface area contributed by atoms with Gasteiger partial charge in [-0.2, -0.15) is 31.4 Å². The van der Waals surface area contributed by atoms with E-state index < -0.39 is 53.8 Å². The monoisotopic (exact) mass is 622 g/mol. The summed E-state index contributed by atoms with van der Waals surface area (Å²) in [6.07, 6.45) is -8.66. The molecule has 0 saturated heterocycles. The van der Waals surface area contributed by atoms with Crippen molar-refractivity contribution >= 4 is 29.4 Å². The Hall–Kier alpha value is -3.36. The van der Waals surface area contributed by atoms with Crippen LogP contribution in [0.5, 0.6) is 0 Å². The number of nitrogens with one attached hydrogen (secondary N) is 2. The van der Waals surface area contributed by atoms with E-state index in [0.717, 1.165) is 17.7 Å². The fourth-order valence-electron chi connectivity index (χ4n) is 4.52. The van der Waals surface area contributed by atoms with E-state index in [0.29, 0.717) is 43.0 Å². The van der Waals surface area contributed by atoms with Crippen LogP contribution in [0.15, 0.2) is 48.5 Å². The molecule has 2 N–H and O–H groups in total. The predicted molar refractivity (Wildman–Crippen MR) is 140 cm³/mol. The first kappa shape index (κ1) is 33.1. The first-order chi connectivity index (χ1) is 19.5. The van der Waals surface area contributed by atoms with Gasteiger partial charge in [0, 0.05) is 35.3 Å². The molecule has 0 heterocycles. The summed E-state index contributed by atoms with van der Waals surface area (Å²) in [5.74, 6) is -5.33. The Labute approximate surface area is 242 Å². The van der Waals surface area contributed by atoms with Crippen LogP contribution in [0.3, 0.4) is 0 Å². The van der Waals surface area contributed by atoms with Gasteiger partial charge >= 0.3 is 18.3 Å². The number of carbonyl (C=O) groups is 3. The second-order valence-electron chi connectivity index (χ2n) is 10.0. The van der Waals surface area contributed by atoms with Crippen molar-refractivity contribution in [2.75, 3.05) is 20.6 Å². The van der Waals surface area contributed by atoms with Gasteiger partial charge < -0.3 is 20.4 Å². The largest absolute Gasteiger partial charge is 0.493 e. The lowest BCUT2D eigenvalue weighted by Crippen LogP contribution is -2.57. The topological polar surface area (TPSA) is 91.0 Å². The maximum atomic E-state index is 13.1. The van der Waals surface area contributed by atoms with E-state index in [2.05, 4.69) is 15.5 Å². The van der Waals surface area contributed by atoms with Gasteiger partial charge in [0.15, 0.2) is 0 Å². The van der Waals surface area contributed by atoms with Crippen LogP contribution in [-0.4, -0.2) is 72.7 Å². The second-order valence-corrected chi connectivity index (χ2v) is 10.5. The maximum Gasteiger partial charge on any atom is 0.493 e. The molecule has 3 rings (SSSR count). The number of carbonyl (C=O) groups excluding carboxylic acids is 3. The molecule has 2 aromatic carbocycles. The van der Waals surface area contributed by atoms with Crippen molar-refractivity contribution in [1.82, 2.24) is 20.6 Å². The molecule has 0 aromatic heterocycles. The molecule has 2 amide bonds. The second kappa shape index (κ2) is 13.7. The zero-order valence-corrected chi connectivity index (χ0v) is 23.3. The Balaban J connectivity index is 1.77. The number of halogens is 7. The summed E-state index contributed by atoms with van der Waals surface area (Å²) in [5.41, 5.74) is -1.08. The average Bonchev–Trinajstić information content (AvgIpc) is 2.91. The molecule has 0 spiro atoms. The van der Waals surface area contributed by atoms with E-state index in [1.165, 1.54) is 0 Å². The lowest BCUT2D eigenvalue weighted by Gasteiger charge is -2.40. The summed E-state index contributed by atoms with van der Waals surface area (Å²) in [4.78, 5) is 43.6. The fourth-order valence-corrected chi connectivity index (χ4v) is 4.65. The maximum absolute atomic E-state index is 13.1. The third kappa shape index (κ3) is 9.33. The minimum Gasteiger partial charge on any atom is -0.350 e. The number of benzene rings is 2. The molecule has 8 nitrogen and oxygen atoms in total. The standard InChI is InChI=1S/C27H29ClF6N4O4/c1-37(2)20-10-11-21(22(13-20)35-14-16-6-8-19(28)9-7-16)36-23(39)15-38(42-25(41)27(32,33)34)24(40)17-4-3-5-18(12-17)26(29,30)31/h3-9,12,20-22,35H,10-11,13-15H2,1-2H3,(H,36,39). The molecule has 2 aromatic rings. The summed E-state index contributed by atoms with van der Waals surface area (Å²) in [6.45, 7) is -0.772. The van der Waals surface area contributed by atoms with E-state index in [4.69, 9.17) is 11.6 Å². The highest BCUT2D eigenvalue weighted by atomic mass is 35.5. The summed E-state index contributed by atoms with van der Waals surface area (Å²) in [7, 11) is 3.82. The fraction of sp³-hybridized carbons (Fsp3) is 0.444. The first-order valence-electron chi connectivity index (χ1n) is 12.8. The van der Waals surface area contributed by atoms with Crippen LogP contribution in [0.1, 0.15) is 40.7 Å². The van der Waals surface area contributed by atoms with Gasteiger partial charge in [-0.1, -0.05) is 29.8 Å². The van der Waals surface area contributed by atoms with Crippen LogP contribution in [0.4, 0.5) is 26.3 Å². The Morgan fingerprint density at radius 1 is 0.976 bits per heavy atom. The van der Waals surface area contributed by atoms with E-state index in [-0.39, 0.29) is 17.1 Å². The van der Waals surface area contributed by atoms with Gasteiger partial charge in [0.05, 0.1) is 5.56 Å². The molecule has 1 aliphatic rings. The van der Waals surface area contributed by atoms with Crippen molar-refractivity contribution in [2.45, 2.75) is 56.3 Å². The predicted octanol–water partition coefficient (Wildman–Crippen LogP) is 4.58. The Bertz CT molecular complexity index is 1260. The first-order valence-corrected chi connectivity index (χ1v) is 13.1. The molecule has 42 heavy (non-hydrogen) atoms. The molecule has 0 bridgehead atoms. The zero-order chi connectivity index (χ0) is 31.2. The van der Waals surface area contributed by atoms with Crippen molar-refractivity contribution in [1.29, 1.82) is 0 Å². The van der Waals surface area contributed by atoms with Gasteiger partial charge in [-0.25, -0.2) is 4.79 Å². The quantitative estimate of drug-likeness (QED) is 0.331. The van der Waals surface area contributed by atoms with Crippen LogP contribution in [0.25, 0.3) is 0 Å². The number of hydroxylamine groups is 2. The van der Waals surface area contributed by atoms with E-state index in [1.807, 2.05) is 31.1 Å². The highest BCUT2D eigenvalue weighted by Gasteiger charge is 2.44. The molecule has 0 radical (unpaired) electrons. The Morgan fingerprint density at radius 2 is 1.64 bits per heavy atom. The van der Waals surface area contributed by atoms with Gasteiger partial charge in [-0.05, 0) is 69.3 Å². The summed E-state index contributed by atoms with van der Waals surface area (Å²) >= 11 is 5.94. The van der Waals surface area contributed by atoms with Crippen molar-refractivity contribution in [3.8, 4) is 0 Å². The third-order valence-corrected chi connectivity index (χ3v) is 7.01. The molecular weight excluding hydrogens is 594 g/mol. The number of amides is 2. The molecule has 1 aliphatic carbocycles. The van der Waals surface area contributed by atoms with Crippen molar-refractivity contribution in [3.63, 3.8) is 0 Å². The summed E-state index contributed by atoms with van der Waals surface area (Å²) in [6, 6.07) is 9.21. The van der Waals surface area contributed by atoms with Gasteiger partial charge in [0.25, 0.3) is 5.91 Å².